The maximum Gasteiger partial charge on any atom is 0.328 e. The first-order valence-corrected chi connectivity index (χ1v) is 14.7. The van der Waals surface area contributed by atoms with Gasteiger partial charge in [-0.3, -0.25) is 14.1 Å². The highest BCUT2D eigenvalue weighted by atomic mass is 35.5. The largest absolute Gasteiger partial charge is 0.490 e. The van der Waals surface area contributed by atoms with Gasteiger partial charge in [0.2, 0.25) is 0 Å². The maximum atomic E-state index is 15.4. The van der Waals surface area contributed by atoms with Gasteiger partial charge in [-0.1, -0.05) is 18.5 Å². The fourth-order valence-electron chi connectivity index (χ4n) is 4.86. The lowest BCUT2D eigenvalue weighted by Crippen LogP contribution is -2.47. The summed E-state index contributed by atoms with van der Waals surface area (Å²) in [4.78, 5) is 45.9. The lowest BCUT2D eigenvalue weighted by Gasteiger charge is -2.32. The van der Waals surface area contributed by atoms with E-state index in [1.165, 1.54) is 6.07 Å². The van der Waals surface area contributed by atoms with Crippen molar-refractivity contribution < 1.29 is 33.7 Å². The van der Waals surface area contributed by atoms with Crippen molar-refractivity contribution in [1.29, 1.82) is 0 Å². The van der Waals surface area contributed by atoms with Crippen LogP contribution in [0.5, 0.6) is 5.75 Å². The maximum absolute atomic E-state index is 15.4. The summed E-state index contributed by atoms with van der Waals surface area (Å²) >= 11 is 6.34. The fraction of sp³-hybridized carbons (Fsp3) is 0.433. The topological polar surface area (TPSA) is 176 Å². The summed E-state index contributed by atoms with van der Waals surface area (Å²) in [6.07, 6.45) is 4.19. The molecule has 45 heavy (non-hydrogen) atoms. The summed E-state index contributed by atoms with van der Waals surface area (Å²) < 4.78 is 23.3. The molecule has 1 aliphatic heterocycles. The first-order chi connectivity index (χ1) is 21.2. The molecule has 1 amide bonds. The molecule has 0 aliphatic carbocycles. The van der Waals surface area contributed by atoms with Gasteiger partial charge in [0.05, 0.1) is 16.8 Å². The highest BCUT2D eigenvalue weighted by molar-refractivity contribution is 6.31. The molecule has 0 spiro atoms. The zero-order valence-electron chi connectivity index (χ0n) is 25.9. The van der Waals surface area contributed by atoms with Gasteiger partial charge in [-0.25, -0.2) is 23.9 Å². The van der Waals surface area contributed by atoms with Gasteiger partial charge in [0.25, 0.3) is 5.91 Å². The number of aromatic nitrogens is 3. The minimum absolute atomic E-state index is 0.152. The molecule has 0 radical (unpaired) electrons. The van der Waals surface area contributed by atoms with Crippen LogP contribution in [0.15, 0.2) is 30.6 Å². The van der Waals surface area contributed by atoms with E-state index in [-0.39, 0.29) is 22.4 Å². The van der Waals surface area contributed by atoms with Crippen molar-refractivity contribution in [1.82, 2.24) is 29.5 Å². The number of hydrogen-bond donors (Lipinski definition) is 4. The second-order valence-electron chi connectivity index (χ2n) is 10.9. The molecule has 1 unspecified atom stereocenters. The van der Waals surface area contributed by atoms with Crippen LogP contribution < -0.4 is 15.8 Å². The number of anilines is 1. The number of hydrogen-bond acceptors (Lipinski definition) is 9. The van der Waals surface area contributed by atoms with Crippen LogP contribution in [0.3, 0.4) is 0 Å². The van der Waals surface area contributed by atoms with Crippen molar-refractivity contribution in [2.24, 2.45) is 0 Å². The molecule has 1 aliphatic rings. The number of nitrogen functional groups attached to an aromatic ring is 1. The predicted molar refractivity (Wildman–Crippen MR) is 168 cm³/mol. The molecule has 1 atom stereocenters. The number of carboxylic acid groups (broad SMARTS) is 2. The molecule has 3 aromatic rings. The van der Waals surface area contributed by atoms with E-state index in [4.69, 9.17) is 37.3 Å². The van der Waals surface area contributed by atoms with Crippen LogP contribution in [0.25, 0.3) is 5.52 Å². The number of rotatable bonds is 10. The minimum atomic E-state index is -1.26. The number of nitrogens with zero attached hydrogens (tertiary/aromatic N) is 5. The fourth-order valence-corrected chi connectivity index (χ4v) is 5.07. The van der Waals surface area contributed by atoms with Gasteiger partial charge < -0.3 is 30.9 Å². The van der Waals surface area contributed by atoms with E-state index in [9.17, 15) is 14.4 Å². The van der Waals surface area contributed by atoms with Crippen LogP contribution in [-0.2, 0) is 9.59 Å². The van der Waals surface area contributed by atoms with Gasteiger partial charge in [0.1, 0.15) is 28.5 Å². The minimum Gasteiger partial charge on any atom is -0.490 e. The van der Waals surface area contributed by atoms with Crippen LogP contribution in [0.1, 0.15) is 54.1 Å². The Morgan fingerprint density at radius 3 is 2.36 bits per heavy atom. The molecule has 1 saturated heterocycles. The van der Waals surface area contributed by atoms with Crippen LogP contribution in [0, 0.1) is 12.7 Å². The third kappa shape index (κ3) is 9.12. The Kier molecular flexibility index (Phi) is 12.2. The number of aliphatic carboxylic acids is 2. The number of likely N-dealkylation sites (N-methyl/N-ethyl adjacent to an activating group) is 1. The van der Waals surface area contributed by atoms with Gasteiger partial charge in [-0.2, -0.15) is 0 Å². The number of ether oxygens (including phenoxy) is 1. The Labute approximate surface area is 265 Å². The number of amides is 1. The third-order valence-corrected chi connectivity index (χ3v) is 7.37. The number of nitrogens with one attached hydrogen (secondary N) is 1. The van der Waals surface area contributed by atoms with Crippen molar-refractivity contribution in [3.05, 3.63) is 64.1 Å². The Morgan fingerprint density at radius 2 is 1.78 bits per heavy atom. The second-order valence-corrected chi connectivity index (χ2v) is 11.3. The molecule has 0 saturated carbocycles. The Morgan fingerprint density at radius 1 is 1.16 bits per heavy atom. The van der Waals surface area contributed by atoms with Gasteiger partial charge in [0, 0.05) is 75.3 Å². The quantitative estimate of drug-likeness (QED) is 0.238. The molecular weight excluding hydrogens is 609 g/mol. The Bertz CT molecular complexity index is 1550. The summed E-state index contributed by atoms with van der Waals surface area (Å²) in [6.45, 7) is 12.3. The van der Waals surface area contributed by atoms with Crippen molar-refractivity contribution in [2.45, 2.75) is 39.7 Å². The van der Waals surface area contributed by atoms with Crippen molar-refractivity contribution >= 4 is 40.8 Å². The molecule has 5 N–H and O–H groups in total. The zero-order valence-corrected chi connectivity index (χ0v) is 26.6. The van der Waals surface area contributed by atoms with Gasteiger partial charge in [-0.15, -0.1) is 0 Å². The van der Waals surface area contributed by atoms with Crippen LogP contribution >= 0.6 is 11.6 Å². The zero-order chi connectivity index (χ0) is 33.4. The van der Waals surface area contributed by atoms with Gasteiger partial charge in [-0.05, 0) is 33.9 Å². The van der Waals surface area contributed by atoms with Gasteiger partial charge in [0.15, 0.2) is 5.82 Å². The van der Waals surface area contributed by atoms with Crippen LogP contribution in [-0.4, -0.2) is 105 Å². The lowest BCUT2D eigenvalue weighted by molar-refractivity contribution is -0.134. The molecule has 2 aromatic heterocycles. The standard InChI is InChI=1S/C26H35ClFN7O2.C4H4O4/c1-15(2)37-23-18(16(3)25-32-17(4)22-24(29)30-7-9-35(22)25)14-19(27)21(28)20(23)26(36)31-6-8-34-12-10-33(5)11-13-34;5-3(6)1-2-4(7)8/h7,9,14-16H,6,8,10-13H2,1-5H3,(H2,29,30)(H,31,36);1-2H,(H,5,6)(H,7,8)/b;2-1+. The SMILES string of the molecule is Cc1nc(C(C)c2cc(Cl)c(F)c(C(=O)NCCN3CCN(C)CC3)c2OC(C)C)n2ccnc(N)c12.O=C(O)/C=C/C(=O)O. The lowest BCUT2D eigenvalue weighted by atomic mass is 9.95. The number of halogens is 2. The monoisotopic (exact) mass is 647 g/mol. The first kappa shape index (κ1) is 35.2. The number of aryl methyl sites for hydroxylation is 1. The normalized spacial score (nSPS) is 14.8. The average Bonchev–Trinajstić information content (AvgIpc) is 3.32. The number of nitrogens with two attached hydrogens (primary N) is 1. The number of carbonyl (C=O) groups excluding carboxylic acids is 1. The molecule has 4 rings (SSSR count). The number of carboxylic acids is 2. The van der Waals surface area contributed by atoms with Crippen molar-refractivity contribution in [2.75, 3.05) is 52.0 Å². The molecule has 3 heterocycles. The van der Waals surface area contributed by atoms with Crippen LogP contribution in [0.2, 0.25) is 5.02 Å². The van der Waals surface area contributed by atoms with E-state index >= 15 is 4.39 Å². The summed E-state index contributed by atoms with van der Waals surface area (Å²) in [5.41, 5.74) is 7.88. The highest BCUT2D eigenvalue weighted by Gasteiger charge is 2.30. The number of piperazine rings is 1. The summed E-state index contributed by atoms with van der Waals surface area (Å²) in [5, 5.41) is 18.3. The summed E-state index contributed by atoms with van der Waals surface area (Å²) in [7, 11) is 2.09. The molecule has 0 bridgehead atoms. The number of fused-ring (bicyclic) bond motifs is 1. The van der Waals surface area contributed by atoms with Crippen molar-refractivity contribution in [3.63, 3.8) is 0 Å². The van der Waals surface area contributed by atoms with Crippen molar-refractivity contribution in [3.8, 4) is 5.75 Å². The van der Waals surface area contributed by atoms with E-state index < -0.39 is 29.6 Å². The van der Waals surface area contributed by atoms with Gasteiger partial charge >= 0.3 is 11.9 Å². The number of benzene rings is 1. The van der Waals surface area contributed by atoms with E-state index in [2.05, 4.69) is 27.1 Å². The third-order valence-electron chi connectivity index (χ3n) is 7.10. The predicted octanol–water partition coefficient (Wildman–Crippen LogP) is 3.04. The van der Waals surface area contributed by atoms with E-state index in [0.717, 1.165) is 26.2 Å². The molecule has 13 nitrogen and oxygen atoms in total. The molecular formula is C30H39ClFN7O6. The smallest absolute Gasteiger partial charge is 0.328 e. The number of imidazole rings is 1. The molecule has 1 fully saturated rings. The number of carbonyl (C=O) groups is 3. The summed E-state index contributed by atoms with van der Waals surface area (Å²) in [6, 6.07) is 1.52. The molecule has 1 aromatic carbocycles. The Balaban J connectivity index is 0.000000610. The highest BCUT2D eigenvalue weighted by Crippen LogP contribution is 2.39. The molecule has 15 heteroatoms. The Hall–Kier alpha value is -4.27. The first-order valence-electron chi connectivity index (χ1n) is 14.3. The van der Waals surface area contributed by atoms with Crippen LogP contribution in [0.4, 0.5) is 10.2 Å². The summed E-state index contributed by atoms with van der Waals surface area (Å²) in [5.74, 6) is -3.09. The van der Waals surface area contributed by atoms with E-state index in [1.54, 1.807) is 12.4 Å². The van der Waals surface area contributed by atoms with E-state index in [0.29, 0.717) is 53.7 Å². The second kappa shape index (κ2) is 15.6. The average molecular weight is 648 g/mol. The molecule has 244 valence electrons. The van der Waals surface area contributed by atoms with E-state index in [1.807, 2.05) is 32.1 Å².